The van der Waals surface area contributed by atoms with Crippen LogP contribution >= 0.6 is 33.2 Å². The first-order valence-electron chi connectivity index (χ1n) is 40.0. The first-order valence-corrected chi connectivity index (χ1v) is 42.8. The Morgan fingerprint density at radius 1 is 0.579 bits per heavy atom. The number of nitrogens with one attached hydrogen (secondary N) is 4. The van der Waals surface area contributed by atoms with Crippen molar-refractivity contribution in [2.24, 2.45) is 0 Å². The number of alkyl halides is 1. The fraction of sp³-hybridized carbons (Fsp3) is 0.617. The lowest BCUT2D eigenvalue weighted by molar-refractivity contribution is -0.194. The molecule has 9 atom stereocenters. The Balaban J connectivity index is 0.000000426. The van der Waals surface area contributed by atoms with Crippen molar-refractivity contribution in [3.05, 3.63) is 89.2 Å². The number of nitrogens with zero attached hydrogens (tertiary/aromatic N) is 4. The third kappa shape index (κ3) is 37.6. The maximum atomic E-state index is 14.3. The Kier molecular flexibility index (Phi) is 52.8. The van der Waals surface area contributed by atoms with Crippen molar-refractivity contribution >= 4 is 108 Å². The number of carboxylic acids is 1. The van der Waals surface area contributed by atoms with Crippen molar-refractivity contribution in [2.45, 2.75) is 172 Å². The van der Waals surface area contributed by atoms with Crippen molar-refractivity contribution in [3.8, 4) is 11.5 Å². The number of carboxylic acid groups (broad SMARTS) is 1. The quantitative estimate of drug-likeness (QED) is 0.00522. The highest BCUT2D eigenvalue weighted by Crippen LogP contribution is 2.47. The molecular formula is C81H123ClN8O29S2. The Morgan fingerprint density at radius 2 is 1.11 bits per heavy atom. The maximum absolute atomic E-state index is 14.3. The third-order valence-corrected chi connectivity index (χ3v) is 21.4. The van der Waals surface area contributed by atoms with E-state index in [1.165, 1.54) is 35.5 Å². The second-order valence-corrected chi connectivity index (χ2v) is 29.8. The van der Waals surface area contributed by atoms with Gasteiger partial charge in [0.05, 0.1) is 89.0 Å². The number of halogens is 1. The van der Waals surface area contributed by atoms with Gasteiger partial charge < -0.3 is 133 Å². The molecule has 2 aromatic heterocycles. The van der Waals surface area contributed by atoms with E-state index in [1.807, 2.05) is 70.2 Å². The molecule has 5 amide bonds. The van der Waals surface area contributed by atoms with Gasteiger partial charge in [-0.1, -0.05) is 68.8 Å². The Bertz CT molecular complexity index is 3830. The molecule has 8 unspecified atom stereocenters. The predicted octanol–water partition coefficient (Wildman–Crippen LogP) is 6.10. The average molecular weight is 1770 g/mol. The number of rotatable bonds is 52. The van der Waals surface area contributed by atoms with E-state index in [4.69, 9.17) is 98.7 Å². The number of anilines is 1. The zero-order chi connectivity index (χ0) is 89.0. The normalized spacial score (nSPS) is 15.1. The molecule has 7 rings (SSSR count). The van der Waals surface area contributed by atoms with Gasteiger partial charge in [0.15, 0.2) is 25.2 Å². The van der Waals surface area contributed by atoms with E-state index in [0.717, 1.165) is 21.7 Å². The number of piperazine rings is 1. The lowest BCUT2D eigenvalue weighted by Crippen LogP contribution is -2.51. The van der Waals surface area contributed by atoms with Crippen LogP contribution in [-0.2, 0) is 89.3 Å². The summed E-state index contributed by atoms with van der Waals surface area (Å²) in [5.41, 5.74) is 3.09. The van der Waals surface area contributed by atoms with E-state index < -0.39 is 61.4 Å². The molecule has 680 valence electrons. The molecular weight excluding hydrogens is 1650 g/mol. The number of aliphatic carboxylic acids is 1. The van der Waals surface area contributed by atoms with Crippen LogP contribution in [0.3, 0.4) is 0 Å². The number of benzene rings is 3. The van der Waals surface area contributed by atoms with Crippen molar-refractivity contribution in [1.29, 1.82) is 0 Å². The van der Waals surface area contributed by atoms with Crippen molar-refractivity contribution < 1.29 is 141 Å². The van der Waals surface area contributed by atoms with Gasteiger partial charge in [-0.25, -0.2) is 14.6 Å². The number of carbonyl (C=O) groups is 8. The van der Waals surface area contributed by atoms with Crippen LogP contribution in [0.25, 0.3) is 21.7 Å². The number of methoxy groups -OCH3 is 5. The lowest BCUT2D eigenvalue weighted by atomic mass is 9.95. The number of aromatic nitrogens is 2. The number of hydrogen-bond donors (Lipinski definition) is 12. The molecule has 0 aliphatic carbocycles. The van der Waals surface area contributed by atoms with Crippen LogP contribution in [0, 0.1) is 0 Å². The number of fused-ring (bicyclic) bond motifs is 4. The lowest BCUT2D eigenvalue weighted by Gasteiger charge is -2.34. The number of amides is 5. The molecule has 2 aliphatic rings. The van der Waals surface area contributed by atoms with Crippen molar-refractivity contribution in [1.82, 2.24) is 35.7 Å². The van der Waals surface area contributed by atoms with E-state index in [0.29, 0.717) is 129 Å². The summed E-state index contributed by atoms with van der Waals surface area (Å²) in [6.45, 7) is 9.50. The molecule has 0 spiro atoms. The molecule has 37 nitrogen and oxygen atoms in total. The van der Waals surface area contributed by atoms with Crippen LogP contribution in [0.5, 0.6) is 11.5 Å². The molecule has 12 N–H and O–H groups in total. The molecule has 5 aromatic rings. The molecule has 0 radical (unpaired) electrons. The van der Waals surface area contributed by atoms with Gasteiger partial charge in [0.1, 0.15) is 42.0 Å². The van der Waals surface area contributed by atoms with Crippen LogP contribution in [0.2, 0.25) is 0 Å². The summed E-state index contributed by atoms with van der Waals surface area (Å²) in [5.74, 6) is -1.02. The summed E-state index contributed by atoms with van der Waals surface area (Å²) in [6, 6.07) is 18.4. The summed E-state index contributed by atoms with van der Waals surface area (Å²) in [6.07, 6.45) is -0.225. The Labute approximate surface area is 718 Å². The highest BCUT2D eigenvalue weighted by Gasteiger charge is 2.37. The van der Waals surface area contributed by atoms with E-state index in [1.54, 1.807) is 55.8 Å². The zero-order valence-corrected chi connectivity index (χ0v) is 72.7. The molecule has 40 heteroatoms. The number of ether oxygens (including phenoxy) is 13. The van der Waals surface area contributed by atoms with E-state index in [-0.39, 0.29) is 165 Å². The largest absolute Gasteiger partial charge is 0.496 e. The SMILES string of the molecule is CCC(CO)OC(CO)OC.CCC(CO)OC(COC(=O)CCCC(=O)NCCSSc1ccccn1)OC.CCC(CO)OC(COC(=O)CCCC(=O)O)OC.CCC(CO)OC(COC(=O)NCCC(=O)NCCN1CCN(C(=O)Oc2cc3c(c4ccccc24)[C@H](CCl)CN3C(=O)c2cc3cc(OC)c(CO)c(CO)c3[nH]2)CC1)OC. The van der Waals surface area contributed by atoms with Crippen LogP contribution in [0.15, 0.2) is 71.9 Å². The second kappa shape index (κ2) is 60.6. The minimum absolute atomic E-state index is 0.0416. The Hall–Kier alpha value is -7.88. The molecule has 0 saturated carbocycles. The average Bonchev–Trinajstić information content (AvgIpc) is 1.59. The molecule has 3 aromatic carbocycles. The first kappa shape index (κ1) is 105. The van der Waals surface area contributed by atoms with Gasteiger partial charge in [0.25, 0.3) is 5.91 Å². The fourth-order valence-corrected chi connectivity index (χ4v) is 13.9. The molecule has 0 bridgehead atoms. The molecule has 121 heavy (non-hydrogen) atoms. The van der Waals surface area contributed by atoms with E-state index in [2.05, 4.69) is 30.8 Å². The minimum atomic E-state index is -0.945. The molecule has 1 fully saturated rings. The number of esters is 2. The number of pyridine rings is 1. The predicted molar refractivity (Wildman–Crippen MR) is 449 cm³/mol. The van der Waals surface area contributed by atoms with Crippen molar-refractivity contribution in [3.63, 3.8) is 0 Å². The van der Waals surface area contributed by atoms with Gasteiger partial charge in [-0.05, 0) is 84.5 Å². The number of aliphatic hydroxyl groups is 7. The van der Waals surface area contributed by atoms with E-state index in [9.17, 15) is 53.7 Å². The first-order chi connectivity index (χ1) is 58.5. The Morgan fingerprint density at radius 3 is 1.61 bits per heavy atom. The van der Waals surface area contributed by atoms with Crippen LogP contribution < -0.4 is 30.3 Å². The number of H-pyrrole nitrogens is 1. The standard InChI is InChI=1S/C43H55ClN6O12.C19H30N2O6S2.C12H22O7.C7H16O4/c1-4-28(22-51)61-38(59-3)25-60-42(56)46-10-9-37(54)45-11-12-48-13-15-49(16-14-48)43(57)62-36-19-34-39(30-8-6-5-7-29(30)36)27(20-44)21-50(34)41(55)33-17-26-18-35(58-2)31(23-52)32(24-53)40(26)47-33;1-3-15(13-22)27-19(25-2)14-26-18(24)9-6-7-16(23)20-11-12-28-29-17-8-4-5-10-21-17;1-3-9(7-13)19-12(17-2)8-18-11(16)6-4-5-10(14)15;1-3-6(4-8)11-7(5-9)10-2/h5-8,17-19,27-28,38,47,51-53H,4,9-16,20-25H2,1-3H3,(H,45,54)(H,46,56);4-5,8,10,15,19,22H,3,6-7,9,11-14H2,1-2H3,(H,20,23);9,12-13H,3-8H2,1-2H3,(H,14,15);6-9H,3-5H2,1-2H3/t27-,28?,38?;;;/m1.../s1. The summed E-state index contributed by atoms with van der Waals surface area (Å²) in [7, 11) is 10.4. The highest BCUT2D eigenvalue weighted by molar-refractivity contribution is 8.76. The van der Waals surface area contributed by atoms with Crippen LogP contribution in [0.4, 0.5) is 15.3 Å². The van der Waals surface area contributed by atoms with Gasteiger partial charge in [0.2, 0.25) is 11.8 Å². The second-order valence-electron chi connectivity index (χ2n) is 27.1. The number of aliphatic hydroxyl groups excluding tert-OH is 7. The number of alkyl carbamates (subject to hydrolysis) is 1. The number of aromatic amines is 1. The van der Waals surface area contributed by atoms with Gasteiger partial charge in [-0.15, -0.1) is 11.6 Å². The molecule has 2 aliphatic heterocycles. The number of hydrogen-bond acceptors (Lipinski definition) is 32. The minimum Gasteiger partial charge on any atom is -0.496 e. The van der Waals surface area contributed by atoms with Crippen molar-refractivity contribution in [2.75, 3.05) is 164 Å². The van der Waals surface area contributed by atoms with Gasteiger partial charge in [-0.3, -0.25) is 33.7 Å². The zero-order valence-electron chi connectivity index (χ0n) is 70.3. The summed E-state index contributed by atoms with van der Waals surface area (Å²) in [5, 5.41) is 84.6. The molecule has 1 saturated heterocycles. The summed E-state index contributed by atoms with van der Waals surface area (Å²) in [4.78, 5) is 110. The molecule has 4 heterocycles. The number of carbonyl (C=O) groups excluding carboxylic acids is 7. The third-order valence-electron chi connectivity index (χ3n) is 18.8. The summed E-state index contributed by atoms with van der Waals surface area (Å²) < 4.78 is 68.0. The summed E-state index contributed by atoms with van der Waals surface area (Å²) >= 11 is 6.52. The van der Waals surface area contributed by atoms with Gasteiger partial charge in [-0.2, -0.15) is 0 Å². The fourth-order valence-electron chi connectivity index (χ4n) is 11.9. The topological polar surface area (TPSA) is 493 Å². The maximum Gasteiger partial charge on any atom is 0.415 e. The van der Waals surface area contributed by atoms with Gasteiger partial charge >= 0.3 is 30.1 Å². The monoisotopic (exact) mass is 1770 g/mol. The smallest absolute Gasteiger partial charge is 0.415 e. The van der Waals surface area contributed by atoms with Crippen LogP contribution in [0.1, 0.15) is 131 Å². The van der Waals surface area contributed by atoms with Gasteiger partial charge in [0, 0.05) is 171 Å². The van der Waals surface area contributed by atoms with E-state index >= 15 is 0 Å². The van der Waals surface area contributed by atoms with Crippen LogP contribution in [-0.4, -0.2) is 317 Å². The highest BCUT2D eigenvalue weighted by atomic mass is 35.5.